The molecule has 0 bridgehead atoms. The molecule has 0 fully saturated rings. The summed E-state index contributed by atoms with van der Waals surface area (Å²) in [6, 6.07) is 8.04. The molecule has 3 rings (SSSR count). The standard InChI is InChI=1S/C18H18ClN3OS.2C2HF3O2/c1-9-4-6-12(7-5-9)8-21-17(23)16-15(20)13-10(2)14(19)11(3)22-18(13)24-16;2*3-2(4,5)1(6)7/h4-7H,8,20H2,1-3H3,(H,21,23);2*(H,6,7). The summed E-state index contributed by atoms with van der Waals surface area (Å²) in [5, 5.41) is 18.5. The molecule has 2 heterocycles. The lowest BCUT2D eigenvalue weighted by Crippen LogP contribution is -2.22. The number of nitrogens with two attached hydrogens (primary N) is 1. The number of rotatable bonds is 3. The number of hydrogen-bond acceptors (Lipinski definition) is 6. The minimum atomic E-state index is -5.08. The van der Waals surface area contributed by atoms with Gasteiger partial charge in [0.2, 0.25) is 0 Å². The monoisotopic (exact) mass is 587 g/mol. The number of carbonyl (C=O) groups is 3. The first-order valence-corrected chi connectivity index (χ1v) is 11.2. The summed E-state index contributed by atoms with van der Waals surface area (Å²) >= 11 is 7.56. The summed E-state index contributed by atoms with van der Waals surface area (Å²) in [6.07, 6.45) is -10.2. The number of benzene rings is 1. The van der Waals surface area contributed by atoms with Gasteiger partial charge in [-0.25, -0.2) is 14.6 Å². The number of carboxylic acid groups (broad SMARTS) is 2. The minimum absolute atomic E-state index is 0.191. The fourth-order valence-corrected chi connectivity index (χ4v) is 3.85. The number of thiophene rings is 1. The molecular weight excluding hydrogens is 568 g/mol. The first-order valence-electron chi connectivity index (χ1n) is 10.1. The second kappa shape index (κ2) is 12.8. The summed E-state index contributed by atoms with van der Waals surface area (Å²) in [4.78, 5) is 36.0. The molecule has 0 atom stereocenters. The van der Waals surface area contributed by atoms with Crippen molar-refractivity contribution in [3.05, 3.63) is 56.5 Å². The van der Waals surface area contributed by atoms with E-state index >= 15 is 0 Å². The van der Waals surface area contributed by atoms with E-state index in [-0.39, 0.29) is 5.91 Å². The van der Waals surface area contributed by atoms with E-state index < -0.39 is 24.3 Å². The zero-order valence-electron chi connectivity index (χ0n) is 19.7. The van der Waals surface area contributed by atoms with Gasteiger partial charge in [-0.2, -0.15) is 26.3 Å². The predicted molar refractivity (Wildman–Crippen MR) is 128 cm³/mol. The van der Waals surface area contributed by atoms with Crippen molar-refractivity contribution in [3.63, 3.8) is 0 Å². The van der Waals surface area contributed by atoms with Gasteiger partial charge in [0, 0.05) is 11.9 Å². The van der Waals surface area contributed by atoms with Crippen molar-refractivity contribution in [3.8, 4) is 0 Å². The average molecular weight is 588 g/mol. The van der Waals surface area contributed by atoms with Crippen LogP contribution < -0.4 is 11.1 Å². The maximum Gasteiger partial charge on any atom is 0.490 e. The normalized spacial score (nSPS) is 11.1. The van der Waals surface area contributed by atoms with Crippen molar-refractivity contribution in [2.24, 2.45) is 0 Å². The van der Waals surface area contributed by atoms with E-state index in [1.807, 2.05) is 45.0 Å². The number of carboxylic acids is 2. The highest BCUT2D eigenvalue weighted by Crippen LogP contribution is 2.38. The molecule has 1 aromatic carbocycles. The molecule has 8 nitrogen and oxygen atoms in total. The van der Waals surface area contributed by atoms with Crippen molar-refractivity contribution in [1.82, 2.24) is 10.3 Å². The number of fused-ring (bicyclic) bond motifs is 1. The quantitative estimate of drug-likeness (QED) is 0.290. The lowest BCUT2D eigenvalue weighted by atomic mass is 10.1. The molecule has 0 unspecified atom stereocenters. The number of nitrogen functional groups attached to an aromatic ring is 1. The zero-order chi connectivity index (χ0) is 29.6. The summed E-state index contributed by atoms with van der Waals surface area (Å²) < 4.78 is 63.5. The number of carbonyl (C=O) groups excluding carboxylic acids is 1. The molecule has 0 spiro atoms. The molecule has 5 N–H and O–H groups in total. The number of anilines is 1. The Morgan fingerprint density at radius 2 is 1.42 bits per heavy atom. The van der Waals surface area contributed by atoms with E-state index in [0.29, 0.717) is 22.1 Å². The van der Waals surface area contributed by atoms with E-state index in [1.165, 1.54) is 16.9 Å². The Kier molecular flexibility index (Phi) is 10.9. The maximum atomic E-state index is 12.5. The first-order chi connectivity index (χ1) is 17.3. The number of alkyl halides is 6. The fraction of sp³-hybridized carbons (Fsp3) is 0.273. The second-order valence-corrected chi connectivity index (χ2v) is 8.81. The molecule has 0 saturated heterocycles. The SMILES string of the molecule is Cc1ccc(CNC(=O)c2sc3nc(C)c(Cl)c(C)c3c2N)cc1.O=C(O)C(F)(F)F.O=C(O)C(F)(F)F. The van der Waals surface area contributed by atoms with Gasteiger partial charge in [0.1, 0.15) is 9.71 Å². The number of aryl methyl sites for hydroxylation is 3. The van der Waals surface area contributed by atoms with Crippen molar-refractivity contribution in [2.75, 3.05) is 5.73 Å². The molecule has 0 aliphatic heterocycles. The number of aliphatic carboxylic acids is 2. The number of aromatic nitrogens is 1. The number of hydrogen-bond donors (Lipinski definition) is 4. The minimum Gasteiger partial charge on any atom is -0.475 e. The van der Waals surface area contributed by atoms with Gasteiger partial charge in [-0.1, -0.05) is 41.4 Å². The van der Waals surface area contributed by atoms with Crippen LogP contribution in [0.2, 0.25) is 5.02 Å². The highest BCUT2D eigenvalue weighted by atomic mass is 35.5. The van der Waals surface area contributed by atoms with Gasteiger partial charge in [0.25, 0.3) is 5.91 Å². The van der Waals surface area contributed by atoms with Crippen LogP contribution in [0.25, 0.3) is 10.2 Å². The molecule has 0 radical (unpaired) electrons. The van der Waals surface area contributed by atoms with E-state index in [0.717, 1.165) is 27.0 Å². The zero-order valence-corrected chi connectivity index (χ0v) is 21.3. The van der Waals surface area contributed by atoms with Crippen molar-refractivity contribution in [2.45, 2.75) is 39.7 Å². The Bertz CT molecular complexity index is 1300. The predicted octanol–water partition coefficient (Wildman–Crippen LogP) is 5.65. The largest absolute Gasteiger partial charge is 0.490 e. The topological polar surface area (TPSA) is 143 Å². The highest BCUT2D eigenvalue weighted by Gasteiger charge is 2.38. The Morgan fingerprint density at radius 3 is 1.84 bits per heavy atom. The van der Waals surface area contributed by atoms with Crippen LogP contribution in [0.4, 0.5) is 32.0 Å². The molecule has 0 aliphatic carbocycles. The highest BCUT2D eigenvalue weighted by molar-refractivity contribution is 7.21. The van der Waals surface area contributed by atoms with Gasteiger partial charge in [0.05, 0.1) is 16.4 Å². The molecule has 16 heteroatoms. The number of nitrogens with one attached hydrogen (secondary N) is 1. The van der Waals surface area contributed by atoms with E-state index in [2.05, 4.69) is 10.3 Å². The maximum absolute atomic E-state index is 12.5. The first kappa shape index (κ1) is 32.4. The molecule has 0 saturated carbocycles. The van der Waals surface area contributed by atoms with Gasteiger partial charge in [-0.3, -0.25) is 4.79 Å². The van der Waals surface area contributed by atoms with Crippen LogP contribution in [-0.2, 0) is 16.1 Å². The third kappa shape index (κ3) is 9.06. The lowest BCUT2D eigenvalue weighted by molar-refractivity contribution is -0.193. The van der Waals surface area contributed by atoms with Crippen molar-refractivity contribution < 1.29 is 50.9 Å². The van der Waals surface area contributed by atoms with E-state index in [4.69, 9.17) is 37.1 Å². The van der Waals surface area contributed by atoms with Crippen LogP contribution in [0.3, 0.4) is 0 Å². The Hall–Kier alpha value is -3.59. The molecule has 3 aromatic rings. The molecule has 2 aromatic heterocycles. The van der Waals surface area contributed by atoms with Gasteiger partial charge < -0.3 is 21.3 Å². The smallest absolute Gasteiger partial charge is 0.475 e. The third-order valence-electron chi connectivity index (χ3n) is 4.48. The lowest BCUT2D eigenvalue weighted by Gasteiger charge is -2.06. The number of amides is 1. The Balaban J connectivity index is 0.000000426. The van der Waals surface area contributed by atoms with Crippen LogP contribution in [-0.4, -0.2) is 45.4 Å². The average Bonchev–Trinajstić information content (AvgIpc) is 3.12. The van der Waals surface area contributed by atoms with Gasteiger partial charge in [0.15, 0.2) is 0 Å². The van der Waals surface area contributed by atoms with Gasteiger partial charge in [-0.15, -0.1) is 11.3 Å². The summed E-state index contributed by atoms with van der Waals surface area (Å²) in [7, 11) is 0. The Morgan fingerprint density at radius 1 is 0.974 bits per heavy atom. The summed E-state index contributed by atoms with van der Waals surface area (Å²) in [5.74, 6) is -5.70. The number of halogens is 7. The fourth-order valence-electron chi connectivity index (χ4n) is 2.59. The van der Waals surface area contributed by atoms with Crippen LogP contribution in [0.15, 0.2) is 24.3 Å². The second-order valence-electron chi connectivity index (χ2n) is 7.44. The van der Waals surface area contributed by atoms with Gasteiger partial charge in [-0.05, 0) is 31.9 Å². The van der Waals surface area contributed by atoms with Gasteiger partial charge >= 0.3 is 24.3 Å². The summed E-state index contributed by atoms with van der Waals surface area (Å²) in [5.41, 5.74) is 10.5. The van der Waals surface area contributed by atoms with Crippen molar-refractivity contribution >= 4 is 56.7 Å². The number of nitrogens with zero attached hydrogens (tertiary/aromatic N) is 1. The molecule has 0 aliphatic rings. The third-order valence-corrected chi connectivity index (χ3v) is 6.14. The van der Waals surface area contributed by atoms with Crippen LogP contribution >= 0.6 is 22.9 Å². The van der Waals surface area contributed by atoms with E-state index in [9.17, 15) is 31.1 Å². The molecule has 208 valence electrons. The molecule has 38 heavy (non-hydrogen) atoms. The van der Waals surface area contributed by atoms with Crippen LogP contribution in [0.1, 0.15) is 32.1 Å². The molecule has 1 amide bonds. The van der Waals surface area contributed by atoms with E-state index in [1.54, 1.807) is 0 Å². The summed E-state index contributed by atoms with van der Waals surface area (Å²) in [6.45, 7) is 6.24. The number of pyridine rings is 1. The molecular formula is C22H20ClF6N3O5S. The van der Waals surface area contributed by atoms with Crippen LogP contribution in [0.5, 0.6) is 0 Å². The van der Waals surface area contributed by atoms with Crippen molar-refractivity contribution in [1.29, 1.82) is 0 Å². The van der Waals surface area contributed by atoms with Crippen LogP contribution in [0, 0.1) is 20.8 Å². The Labute approximate surface area is 220 Å².